The summed E-state index contributed by atoms with van der Waals surface area (Å²) < 4.78 is 9.41. The van der Waals surface area contributed by atoms with Crippen molar-refractivity contribution in [1.82, 2.24) is 0 Å². The van der Waals surface area contributed by atoms with Crippen LogP contribution in [0.15, 0.2) is 11.1 Å². The lowest BCUT2D eigenvalue weighted by atomic mass is 9.92. The Hall–Kier alpha value is -1.32. The molecule has 0 N–H and O–H groups in total. The summed E-state index contributed by atoms with van der Waals surface area (Å²) in [6.07, 6.45) is 2.86. The van der Waals surface area contributed by atoms with Gasteiger partial charge in [-0.05, 0) is 31.1 Å². The molecule has 0 amide bonds. The molecule has 0 saturated heterocycles. The van der Waals surface area contributed by atoms with Crippen LogP contribution in [0.4, 0.5) is 0 Å². The second-order valence-corrected chi connectivity index (χ2v) is 4.02. The number of carbonyl (C=O) groups excluding carboxylic acids is 2. The summed E-state index contributed by atoms with van der Waals surface area (Å²) in [6, 6.07) is 0. The van der Waals surface area contributed by atoms with Gasteiger partial charge in [-0.15, -0.1) is 0 Å². The monoisotopic (exact) mass is 210 g/mol. The Morgan fingerprint density at radius 2 is 1.40 bits per heavy atom. The van der Waals surface area contributed by atoms with E-state index in [0.717, 1.165) is 19.3 Å². The molecular formula is C11H14O4. The zero-order chi connectivity index (χ0) is 11.0. The second-order valence-electron chi connectivity index (χ2n) is 4.02. The summed E-state index contributed by atoms with van der Waals surface area (Å²) >= 11 is 0. The van der Waals surface area contributed by atoms with Gasteiger partial charge in [-0.1, -0.05) is 0 Å². The molecule has 0 spiro atoms. The van der Waals surface area contributed by atoms with E-state index in [1.54, 1.807) is 0 Å². The van der Waals surface area contributed by atoms with Crippen LogP contribution in [0.25, 0.3) is 0 Å². The highest BCUT2D eigenvalue weighted by Crippen LogP contribution is 2.49. The molecule has 0 heterocycles. The Labute approximate surface area is 88.2 Å². The molecule has 2 aliphatic rings. The maximum Gasteiger partial charge on any atom is 0.334 e. The molecule has 82 valence electrons. The van der Waals surface area contributed by atoms with E-state index in [1.807, 2.05) is 0 Å². The molecule has 0 aliphatic heterocycles. The predicted molar refractivity (Wildman–Crippen MR) is 51.9 cm³/mol. The topological polar surface area (TPSA) is 52.6 Å². The van der Waals surface area contributed by atoms with Crippen molar-refractivity contribution in [2.45, 2.75) is 19.3 Å². The zero-order valence-corrected chi connectivity index (χ0v) is 8.91. The Morgan fingerprint density at radius 3 is 1.73 bits per heavy atom. The largest absolute Gasteiger partial charge is 0.466 e. The average molecular weight is 210 g/mol. The van der Waals surface area contributed by atoms with Gasteiger partial charge in [-0.2, -0.15) is 0 Å². The number of rotatable bonds is 2. The highest BCUT2D eigenvalue weighted by molar-refractivity contribution is 6.02. The summed E-state index contributed by atoms with van der Waals surface area (Å²) in [5.74, 6) is -0.335. The molecule has 0 aromatic heterocycles. The van der Waals surface area contributed by atoms with Crippen LogP contribution < -0.4 is 0 Å². The third kappa shape index (κ3) is 1.44. The molecule has 15 heavy (non-hydrogen) atoms. The number of carbonyl (C=O) groups is 2. The van der Waals surface area contributed by atoms with Gasteiger partial charge in [-0.25, -0.2) is 9.59 Å². The van der Waals surface area contributed by atoms with E-state index in [9.17, 15) is 9.59 Å². The first kappa shape index (κ1) is 10.2. The highest BCUT2D eigenvalue weighted by Gasteiger charge is 2.45. The van der Waals surface area contributed by atoms with Crippen LogP contribution in [-0.4, -0.2) is 26.2 Å². The van der Waals surface area contributed by atoms with Gasteiger partial charge >= 0.3 is 11.9 Å². The quantitative estimate of drug-likeness (QED) is 0.639. The number of esters is 2. The molecule has 0 radical (unpaired) electrons. The summed E-state index contributed by atoms with van der Waals surface area (Å²) in [4.78, 5) is 23.1. The molecule has 0 aromatic carbocycles. The van der Waals surface area contributed by atoms with Gasteiger partial charge < -0.3 is 9.47 Å². The normalized spacial score (nSPS) is 28.1. The lowest BCUT2D eigenvalue weighted by Gasteiger charge is -2.16. The molecule has 4 nitrogen and oxygen atoms in total. The summed E-state index contributed by atoms with van der Waals surface area (Å²) in [7, 11) is 2.69. The average Bonchev–Trinajstić information content (AvgIpc) is 2.86. The van der Waals surface area contributed by atoms with Crippen molar-refractivity contribution in [1.29, 1.82) is 0 Å². The molecule has 0 unspecified atom stereocenters. The molecule has 2 atom stereocenters. The van der Waals surface area contributed by atoms with Crippen LogP contribution in [0.1, 0.15) is 19.3 Å². The fourth-order valence-corrected chi connectivity index (χ4v) is 2.72. The third-order valence-electron chi connectivity index (χ3n) is 3.35. The SMILES string of the molecule is COC(=O)C1=C(C(=O)OC)[C@H]2CC[C@@H]1C2. The van der Waals surface area contributed by atoms with Crippen molar-refractivity contribution < 1.29 is 19.1 Å². The highest BCUT2D eigenvalue weighted by atomic mass is 16.5. The first-order valence-electron chi connectivity index (χ1n) is 5.09. The predicted octanol–water partition coefficient (Wildman–Crippen LogP) is 1.06. The summed E-state index contributed by atoms with van der Waals surface area (Å²) in [5, 5.41) is 0. The van der Waals surface area contributed by atoms with Crippen LogP contribution >= 0.6 is 0 Å². The van der Waals surface area contributed by atoms with Crippen molar-refractivity contribution in [2.24, 2.45) is 11.8 Å². The van der Waals surface area contributed by atoms with E-state index in [-0.39, 0.29) is 23.8 Å². The van der Waals surface area contributed by atoms with Crippen molar-refractivity contribution in [2.75, 3.05) is 14.2 Å². The van der Waals surface area contributed by atoms with Crippen molar-refractivity contribution in [3.8, 4) is 0 Å². The van der Waals surface area contributed by atoms with Gasteiger partial charge in [0.1, 0.15) is 0 Å². The van der Waals surface area contributed by atoms with Crippen molar-refractivity contribution >= 4 is 11.9 Å². The molecule has 2 aliphatic carbocycles. The van der Waals surface area contributed by atoms with Crippen LogP contribution in [0.3, 0.4) is 0 Å². The lowest BCUT2D eigenvalue weighted by Crippen LogP contribution is -2.19. The van der Waals surface area contributed by atoms with Gasteiger partial charge in [0.15, 0.2) is 0 Å². The Bertz CT molecular complexity index is 310. The number of methoxy groups -OCH3 is 2. The van der Waals surface area contributed by atoms with E-state index in [2.05, 4.69) is 0 Å². The molecule has 1 fully saturated rings. The second kappa shape index (κ2) is 3.68. The number of ether oxygens (including phenoxy) is 2. The molecule has 0 aromatic rings. The molecule has 4 heteroatoms. The molecule has 2 rings (SSSR count). The Balaban J connectivity index is 2.39. The van der Waals surface area contributed by atoms with Gasteiger partial charge in [0.2, 0.25) is 0 Å². The fraction of sp³-hybridized carbons (Fsp3) is 0.636. The number of fused-ring (bicyclic) bond motifs is 2. The standard InChI is InChI=1S/C11H14O4/c1-14-10(12)8-6-3-4-7(5-6)9(8)11(13)15-2/h6-7H,3-5H2,1-2H3/t6-,7+. The molecule has 1 saturated carbocycles. The lowest BCUT2D eigenvalue weighted by molar-refractivity contribution is -0.140. The van der Waals surface area contributed by atoms with E-state index in [1.165, 1.54) is 14.2 Å². The minimum absolute atomic E-state index is 0.205. The summed E-state index contributed by atoms with van der Waals surface area (Å²) in [6.45, 7) is 0. The fourth-order valence-electron chi connectivity index (χ4n) is 2.72. The van der Waals surface area contributed by atoms with Crippen LogP contribution in [0.2, 0.25) is 0 Å². The van der Waals surface area contributed by atoms with Crippen molar-refractivity contribution in [3.05, 3.63) is 11.1 Å². The number of hydrogen-bond acceptors (Lipinski definition) is 4. The maximum absolute atomic E-state index is 11.5. The first-order chi connectivity index (χ1) is 7.19. The first-order valence-corrected chi connectivity index (χ1v) is 5.09. The smallest absolute Gasteiger partial charge is 0.334 e. The van der Waals surface area contributed by atoms with E-state index in [4.69, 9.17) is 9.47 Å². The molecule has 2 bridgehead atoms. The van der Waals surface area contributed by atoms with Gasteiger partial charge in [0.25, 0.3) is 0 Å². The Kier molecular flexibility index (Phi) is 2.50. The summed E-state index contributed by atoms with van der Waals surface area (Å²) in [5.41, 5.74) is 1.11. The Morgan fingerprint density at radius 1 is 1.00 bits per heavy atom. The maximum atomic E-state index is 11.5. The van der Waals surface area contributed by atoms with Crippen LogP contribution in [-0.2, 0) is 19.1 Å². The van der Waals surface area contributed by atoms with E-state index < -0.39 is 0 Å². The minimum Gasteiger partial charge on any atom is -0.466 e. The zero-order valence-electron chi connectivity index (χ0n) is 8.91. The minimum atomic E-state index is -0.373. The van der Waals surface area contributed by atoms with Crippen molar-refractivity contribution in [3.63, 3.8) is 0 Å². The van der Waals surface area contributed by atoms with Crippen LogP contribution in [0.5, 0.6) is 0 Å². The van der Waals surface area contributed by atoms with Gasteiger partial charge in [-0.3, -0.25) is 0 Å². The van der Waals surface area contributed by atoms with Gasteiger partial charge in [0, 0.05) is 0 Å². The number of hydrogen-bond donors (Lipinski definition) is 0. The van der Waals surface area contributed by atoms with Crippen LogP contribution in [0, 0.1) is 11.8 Å². The molecular weight excluding hydrogens is 196 g/mol. The third-order valence-corrected chi connectivity index (χ3v) is 3.35. The van der Waals surface area contributed by atoms with E-state index >= 15 is 0 Å². The van der Waals surface area contributed by atoms with E-state index in [0.29, 0.717) is 11.1 Å². The van der Waals surface area contributed by atoms with Gasteiger partial charge in [0.05, 0.1) is 25.4 Å².